The molecule has 2 N–H and O–H groups in total. The minimum atomic E-state index is -3.30. The van der Waals surface area contributed by atoms with Gasteiger partial charge < -0.3 is 19.6 Å². The third-order valence-corrected chi connectivity index (χ3v) is 9.81. The van der Waals surface area contributed by atoms with Crippen molar-refractivity contribution < 1.29 is 23.1 Å². The van der Waals surface area contributed by atoms with Gasteiger partial charge in [-0.05, 0) is 56.2 Å². The molecule has 3 heterocycles. The van der Waals surface area contributed by atoms with Gasteiger partial charge in [0.15, 0.2) is 15.7 Å². The number of aromatic nitrogens is 3. The number of benzene rings is 1. The number of urea groups is 1. The van der Waals surface area contributed by atoms with Crippen molar-refractivity contribution >= 4 is 27.5 Å². The standard InChI is InChI=1S/C25H32ClN5O5S/c1-37(34,35)19-3-2-16(20(26)10-19)13-36-18-4-8-30(9-5-18)23(32)31-14-24(15-31)11-17(12-24)21-27-22(29-28-21)25(33)6-7-25/h2-3,10,17-18,33H,4-9,11-15H2,1H3,(H,27,28,29). The zero-order chi connectivity index (χ0) is 26.0. The van der Waals surface area contributed by atoms with Gasteiger partial charge in [0.05, 0.1) is 17.6 Å². The minimum Gasteiger partial charge on any atom is -0.382 e. The molecular weight excluding hydrogens is 518 g/mol. The highest BCUT2D eigenvalue weighted by molar-refractivity contribution is 7.90. The van der Waals surface area contributed by atoms with Gasteiger partial charge in [-0.3, -0.25) is 5.10 Å². The molecule has 6 rings (SSSR count). The Hall–Kier alpha value is -2.21. The minimum absolute atomic E-state index is 0.0327. The number of nitrogens with one attached hydrogen (secondary N) is 1. The Bertz CT molecular complexity index is 1300. The number of hydrogen-bond acceptors (Lipinski definition) is 7. The second-order valence-electron chi connectivity index (χ2n) is 11.3. The van der Waals surface area contributed by atoms with Gasteiger partial charge in [0.25, 0.3) is 0 Å². The molecule has 2 aromatic rings. The summed E-state index contributed by atoms with van der Waals surface area (Å²) in [6, 6.07) is 4.80. The predicted octanol–water partition coefficient (Wildman–Crippen LogP) is 2.82. The van der Waals surface area contributed by atoms with Gasteiger partial charge >= 0.3 is 6.03 Å². The number of aliphatic hydroxyl groups is 1. The van der Waals surface area contributed by atoms with Gasteiger partial charge in [-0.15, -0.1) is 0 Å². The topological polar surface area (TPSA) is 129 Å². The Kier molecular flexibility index (Phi) is 6.05. The van der Waals surface area contributed by atoms with E-state index in [0.29, 0.717) is 36.5 Å². The van der Waals surface area contributed by atoms with Crippen molar-refractivity contribution in [2.24, 2.45) is 5.41 Å². The highest BCUT2D eigenvalue weighted by atomic mass is 35.5. The number of nitrogens with zero attached hydrogens (tertiary/aromatic N) is 4. The molecule has 1 aromatic heterocycles. The summed E-state index contributed by atoms with van der Waals surface area (Å²) < 4.78 is 29.4. The highest BCUT2D eigenvalue weighted by Crippen LogP contribution is 2.56. The van der Waals surface area contributed by atoms with Crippen LogP contribution >= 0.6 is 11.6 Å². The molecule has 0 radical (unpaired) electrons. The lowest BCUT2D eigenvalue weighted by atomic mass is 9.57. The molecule has 2 saturated heterocycles. The van der Waals surface area contributed by atoms with Crippen molar-refractivity contribution in [1.82, 2.24) is 25.0 Å². The van der Waals surface area contributed by atoms with Crippen molar-refractivity contribution in [3.8, 4) is 0 Å². The third kappa shape index (κ3) is 4.86. The lowest BCUT2D eigenvalue weighted by Crippen LogP contribution is -2.65. The molecule has 4 aliphatic rings. The van der Waals surface area contributed by atoms with Crippen LogP contribution in [-0.2, 0) is 26.8 Å². The molecular formula is C25H32ClN5O5S. The number of amides is 2. The van der Waals surface area contributed by atoms with E-state index in [-0.39, 0.29) is 22.4 Å². The maximum absolute atomic E-state index is 13.0. The molecule has 0 atom stereocenters. The van der Waals surface area contributed by atoms with Crippen molar-refractivity contribution in [2.75, 3.05) is 32.4 Å². The molecule has 4 fully saturated rings. The lowest BCUT2D eigenvalue weighted by Gasteiger charge is -2.59. The van der Waals surface area contributed by atoms with Gasteiger partial charge in [0, 0.05) is 48.8 Å². The van der Waals surface area contributed by atoms with E-state index in [2.05, 4.69) is 15.2 Å². The maximum atomic E-state index is 13.0. The van der Waals surface area contributed by atoms with E-state index in [1.165, 1.54) is 6.07 Å². The molecule has 2 saturated carbocycles. The SMILES string of the molecule is CS(=O)(=O)c1ccc(COC2CCN(C(=O)N3CC4(CC(c5nc(C6(O)CC6)n[nH]5)C4)C3)CC2)c(Cl)c1. The summed E-state index contributed by atoms with van der Waals surface area (Å²) in [6.45, 7) is 3.18. The van der Waals surface area contributed by atoms with Gasteiger partial charge in [-0.2, -0.15) is 5.10 Å². The van der Waals surface area contributed by atoms with Crippen LogP contribution in [0, 0.1) is 5.41 Å². The number of piperidine rings is 1. The first-order chi connectivity index (χ1) is 17.5. The molecule has 0 bridgehead atoms. The van der Waals surface area contributed by atoms with Crippen LogP contribution in [0.1, 0.15) is 61.7 Å². The predicted molar refractivity (Wildman–Crippen MR) is 135 cm³/mol. The molecule has 1 aromatic carbocycles. The van der Waals surface area contributed by atoms with Gasteiger partial charge in [0.2, 0.25) is 0 Å². The Morgan fingerprint density at radius 2 is 1.92 bits per heavy atom. The summed E-state index contributed by atoms with van der Waals surface area (Å²) in [5.41, 5.74) is 0.131. The first-order valence-corrected chi connectivity index (χ1v) is 15.1. The summed E-state index contributed by atoms with van der Waals surface area (Å²) in [4.78, 5) is 21.6. The summed E-state index contributed by atoms with van der Waals surface area (Å²) in [5.74, 6) is 1.71. The largest absolute Gasteiger partial charge is 0.382 e. The fraction of sp³-hybridized carbons (Fsp3) is 0.640. The summed E-state index contributed by atoms with van der Waals surface area (Å²) >= 11 is 6.26. The Morgan fingerprint density at radius 1 is 1.22 bits per heavy atom. The Morgan fingerprint density at radius 3 is 2.54 bits per heavy atom. The number of likely N-dealkylation sites (tertiary alicyclic amines) is 2. The Labute approximate surface area is 221 Å². The molecule has 2 aliphatic carbocycles. The molecule has 0 unspecified atom stereocenters. The molecule has 37 heavy (non-hydrogen) atoms. The van der Waals surface area contributed by atoms with Crippen LogP contribution in [0.25, 0.3) is 0 Å². The number of H-pyrrole nitrogens is 1. The first-order valence-electron chi connectivity index (χ1n) is 12.8. The zero-order valence-corrected chi connectivity index (χ0v) is 22.4. The average Bonchev–Trinajstić information content (AvgIpc) is 3.36. The van der Waals surface area contributed by atoms with Crippen LogP contribution in [0.15, 0.2) is 23.1 Å². The summed E-state index contributed by atoms with van der Waals surface area (Å²) in [5, 5.41) is 17.8. The number of carbonyl (C=O) groups excluding carboxylic acids is 1. The quantitative estimate of drug-likeness (QED) is 0.567. The van der Waals surface area contributed by atoms with E-state index in [1.54, 1.807) is 12.1 Å². The molecule has 200 valence electrons. The summed E-state index contributed by atoms with van der Waals surface area (Å²) in [6.07, 6.45) is 6.15. The van der Waals surface area contributed by atoms with Gasteiger partial charge in [-0.25, -0.2) is 18.2 Å². The molecule has 2 aliphatic heterocycles. The van der Waals surface area contributed by atoms with Crippen LogP contribution in [0.2, 0.25) is 5.02 Å². The Balaban J connectivity index is 0.929. The number of hydrogen-bond donors (Lipinski definition) is 2. The normalized spacial score (nSPS) is 23.1. The van der Waals surface area contributed by atoms with E-state index < -0.39 is 15.4 Å². The smallest absolute Gasteiger partial charge is 0.320 e. The number of carbonyl (C=O) groups is 1. The molecule has 2 amide bonds. The maximum Gasteiger partial charge on any atom is 0.320 e. The third-order valence-electron chi connectivity index (χ3n) is 8.35. The molecule has 12 heteroatoms. The second kappa shape index (κ2) is 8.93. The van der Waals surface area contributed by atoms with E-state index in [1.807, 2.05) is 9.80 Å². The van der Waals surface area contributed by atoms with Crippen LogP contribution in [0.4, 0.5) is 4.79 Å². The molecule has 10 nitrogen and oxygen atoms in total. The van der Waals surface area contributed by atoms with E-state index in [0.717, 1.165) is 69.3 Å². The number of halogens is 1. The van der Waals surface area contributed by atoms with Crippen molar-refractivity contribution in [3.63, 3.8) is 0 Å². The van der Waals surface area contributed by atoms with Gasteiger partial charge in [0.1, 0.15) is 11.4 Å². The highest BCUT2D eigenvalue weighted by Gasteiger charge is 2.56. The fourth-order valence-corrected chi connectivity index (χ4v) is 6.79. The van der Waals surface area contributed by atoms with Crippen molar-refractivity contribution in [2.45, 2.75) is 67.7 Å². The first kappa shape index (κ1) is 25.1. The lowest BCUT2D eigenvalue weighted by molar-refractivity contribution is -0.0610. The van der Waals surface area contributed by atoms with Crippen LogP contribution in [-0.4, -0.2) is 83.1 Å². The van der Waals surface area contributed by atoms with Crippen LogP contribution in [0.3, 0.4) is 0 Å². The number of rotatable bonds is 6. The number of sulfone groups is 1. The fourth-order valence-electron chi connectivity index (χ4n) is 5.84. The summed E-state index contributed by atoms with van der Waals surface area (Å²) in [7, 11) is -3.30. The van der Waals surface area contributed by atoms with Gasteiger partial charge in [-0.1, -0.05) is 17.7 Å². The van der Waals surface area contributed by atoms with Crippen LogP contribution < -0.4 is 0 Å². The van der Waals surface area contributed by atoms with E-state index >= 15 is 0 Å². The van der Waals surface area contributed by atoms with E-state index in [9.17, 15) is 18.3 Å². The van der Waals surface area contributed by atoms with Crippen molar-refractivity contribution in [1.29, 1.82) is 0 Å². The van der Waals surface area contributed by atoms with Crippen molar-refractivity contribution in [3.05, 3.63) is 40.4 Å². The second-order valence-corrected chi connectivity index (χ2v) is 13.8. The van der Waals surface area contributed by atoms with E-state index in [4.69, 9.17) is 16.3 Å². The average molecular weight is 550 g/mol. The monoisotopic (exact) mass is 549 g/mol. The zero-order valence-electron chi connectivity index (χ0n) is 20.8. The molecule has 1 spiro atoms. The number of ether oxygens (including phenoxy) is 1. The van der Waals surface area contributed by atoms with Crippen LogP contribution in [0.5, 0.6) is 0 Å². The number of aromatic amines is 1.